The SMILES string of the molecule is CC(C)c1ccc(CNc2cccc(N)n2)cc1. The van der Waals surface area contributed by atoms with Crippen molar-refractivity contribution in [3.8, 4) is 0 Å². The van der Waals surface area contributed by atoms with Crippen molar-refractivity contribution in [1.82, 2.24) is 4.98 Å². The van der Waals surface area contributed by atoms with Gasteiger partial charge in [-0.3, -0.25) is 0 Å². The van der Waals surface area contributed by atoms with Crippen molar-refractivity contribution in [3.05, 3.63) is 53.6 Å². The van der Waals surface area contributed by atoms with E-state index in [2.05, 4.69) is 48.4 Å². The molecular weight excluding hydrogens is 222 g/mol. The average Bonchev–Trinajstić information content (AvgIpc) is 2.37. The minimum Gasteiger partial charge on any atom is -0.384 e. The van der Waals surface area contributed by atoms with Crippen LogP contribution in [0.25, 0.3) is 0 Å². The monoisotopic (exact) mass is 241 g/mol. The van der Waals surface area contributed by atoms with Gasteiger partial charge in [0.15, 0.2) is 0 Å². The lowest BCUT2D eigenvalue weighted by Crippen LogP contribution is -2.02. The Morgan fingerprint density at radius 1 is 1.11 bits per heavy atom. The number of hydrogen-bond donors (Lipinski definition) is 2. The van der Waals surface area contributed by atoms with Gasteiger partial charge in [0.05, 0.1) is 0 Å². The van der Waals surface area contributed by atoms with E-state index in [-0.39, 0.29) is 0 Å². The summed E-state index contributed by atoms with van der Waals surface area (Å²) in [6.07, 6.45) is 0. The van der Waals surface area contributed by atoms with Crippen molar-refractivity contribution in [1.29, 1.82) is 0 Å². The van der Waals surface area contributed by atoms with Crippen molar-refractivity contribution in [2.45, 2.75) is 26.3 Å². The Hall–Kier alpha value is -2.03. The van der Waals surface area contributed by atoms with Crippen LogP contribution in [0, 0.1) is 0 Å². The van der Waals surface area contributed by atoms with Crippen LogP contribution in [0.4, 0.5) is 11.6 Å². The molecule has 0 saturated carbocycles. The highest BCUT2D eigenvalue weighted by molar-refractivity contribution is 5.42. The van der Waals surface area contributed by atoms with Gasteiger partial charge in [-0.15, -0.1) is 0 Å². The van der Waals surface area contributed by atoms with Crippen molar-refractivity contribution in [2.75, 3.05) is 11.1 Å². The molecule has 18 heavy (non-hydrogen) atoms. The molecule has 0 unspecified atom stereocenters. The molecule has 3 N–H and O–H groups in total. The Kier molecular flexibility index (Phi) is 3.82. The minimum atomic E-state index is 0.537. The number of anilines is 2. The first-order chi connectivity index (χ1) is 8.65. The fourth-order valence-corrected chi connectivity index (χ4v) is 1.76. The highest BCUT2D eigenvalue weighted by Crippen LogP contribution is 2.15. The zero-order chi connectivity index (χ0) is 13.0. The summed E-state index contributed by atoms with van der Waals surface area (Å²) in [4.78, 5) is 4.20. The van der Waals surface area contributed by atoms with Gasteiger partial charge >= 0.3 is 0 Å². The number of nitrogens with two attached hydrogens (primary N) is 1. The quantitative estimate of drug-likeness (QED) is 0.862. The van der Waals surface area contributed by atoms with Gasteiger partial charge in [-0.1, -0.05) is 44.2 Å². The first-order valence-electron chi connectivity index (χ1n) is 6.20. The van der Waals surface area contributed by atoms with Gasteiger partial charge in [-0.05, 0) is 29.2 Å². The molecule has 1 aromatic carbocycles. The minimum absolute atomic E-state index is 0.537. The smallest absolute Gasteiger partial charge is 0.128 e. The lowest BCUT2D eigenvalue weighted by molar-refractivity contribution is 0.865. The van der Waals surface area contributed by atoms with E-state index in [1.807, 2.05) is 12.1 Å². The summed E-state index contributed by atoms with van der Waals surface area (Å²) in [7, 11) is 0. The molecule has 3 heteroatoms. The topological polar surface area (TPSA) is 50.9 Å². The molecule has 2 aromatic rings. The van der Waals surface area contributed by atoms with Gasteiger partial charge in [0, 0.05) is 6.54 Å². The standard InChI is InChI=1S/C15H19N3/c1-11(2)13-8-6-12(7-9-13)10-17-15-5-3-4-14(16)18-15/h3-9,11H,10H2,1-2H3,(H3,16,17,18). The second-order valence-electron chi connectivity index (χ2n) is 4.70. The molecular formula is C15H19N3. The molecule has 0 aliphatic carbocycles. The largest absolute Gasteiger partial charge is 0.384 e. The number of nitrogens with one attached hydrogen (secondary N) is 1. The van der Waals surface area contributed by atoms with Gasteiger partial charge in [0.2, 0.25) is 0 Å². The molecule has 0 bridgehead atoms. The highest BCUT2D eigenvalue weighted by atomic mass is 15.0. The average molecular weight is 241 g/mol. The van der Waals surface area contributed by atoms with Crippen molar-refractivity contribution < 1.29 is 0 Å². The summed E-state index contributed by atoms with van der Waals surface area (Å²) >= 11 is 0. The predicted octanol–water partition coefficient (Wildman–Crippen LogP) is 3.40. The molecule has 0 amide bonds. The van der Waals surface area contributed by atoms with E-state index in [0.717, 1.165) is 12.4 Å². The first-order valence-corrected chi connectivity index (χ1v) is 6.20. The van der Waals surface area contributed by atoms with Gasteiger partial charge in [0.1, 0.15) is 11.6 Å². The fraction of sp³-hybridized carbons (Fsp3) is 0.267. The van der Waals surface area contributed by atoms with Crippen LogP contribution in [-0.2, 0) is 6.54 Å². The first kappa shape index (κ1) is 12.4. The number of pyridine rings is 1. The van der Waals surface area contributed by atoms with Gasteiger partial charge < -0.3 is 11.1 Å². The Morgan fingerprint density at radius 2 is 1.83 bits per heavy atom. The van der Waals surface area contributed by atoms with Gasteiger partial charge in [-0.25, -0.2) is 4.98 Å². The number of aromatic nitrogens is 1. The second-order valence-corrected chi connectivity index (χ2v) is 4.70. The third-order valence-corrected chi connectivity index (χ3v) is 2.89. The van der Waals surface area contributed by atoms with E-state index in [4.69, 9.17) is 5.73 Å². The molecule has 1 aromatic heterocycles. The van der Waals surface area contributed by atoms with Crippen LogP contribution in [0.2, 0.25) is 0 Å². The van der Waals surface area contributed by atoms with Crippen LogP contribution in [0.5, 0.6) is 0 Å². The zero-order valence-corrected chi connectivity index (χ0v) is 10.9. The predicted molar refractivity (Wildman–Crippen MR) is 76.5 cm³/mol. The summed E-state index contributed by atoms with van der Waals surface area (Å²) in [6, 6.07) is 14.2. The zero-order valence-electron chi connectivity index (χ0n) is 10.9. The Balaban J connectivity index is 1.98. The van der Waals surface area contributed by atoms with Crippen LogP contribution in [0.1, 0.15) is 30.9 Å². The maximum absolute atomic E-state index is 5.63. The van der Waals surface area contributed by atoms with Crippen molar-refractivity contribution in [3.63, 3.8) is 0 Å². The molecule has 3 nitrogen and oxygen atoms in total. The number of nitrogen functional groups attached to an aromatic ring is 1. The molecule has 0 aliphatic rings. The normalized spacial score (nSPS) is 10.6. The molecule has 0 aliphatic heterocycles. The third kappa shape index (κ3) is 3.23. The van der Waals surface area contributed by atoms with Crippen molar-refractivity contribution in [2.24, 2.45) is 0 Å². The van der Waals surface area contributed by atoms with E-state index < -0.39 is 0 Å². The molecule has 2 rings (SSSR count). The fourth-order valence-electron chi connectivity index (χ4n) is 1.76. The van der Waals surface area contributed by atoms with E-state index in [1.165, 1.54) is 11.1 Å². The summed E-state index contributed by atoms with van der Waals surface area (Å²) in [5.41, 5.74) is 8.23. The summed E-state index contributed by atoms with van der Waals surface area (Å²) in [5, 5.41) is 3.26. The van der Waals surface area contributed by atoms with E-state index >= 15 is 0 Å². The lowest BCUT2D eigenvalue weighted by Gasteiger charge is -2.08. The summed E-state index contributed by atoms with van der Waals surface area (Å²) < 4.78 is 0. The molecule has 0 radical (unpaired) electrons. The Bertz CT molecular complexity index is 503. The second kappa shape index (κ2) is 5.54. The van der Waals surface area contributed by atoms with E-state index in [9.17, 15) is 0 Å². The molecule has 1 heterocycles. The molecule has 0 fully saturated rings. The van der Waals surface area contributed by atoms with Crippen LogP contribution >= 0.6 is 0 Å². The number of nitrogens with zero attached hydrogens (tertiary/aromatic N) is 1. The van der Waals surface area contributed by atoms with Crippen LogP contribution in [0.3, 0.4) is 0 Å². The van der Waals surface area contributed by atoms with Crippen molar-refractivity contribution >= 4 is 11.6 Å². The van der Waals surface area contributed by atoms with Crippen LogP contribution < -0.4 is 11.1 Å². The Morgan fingerprint density at radius 3 is 2.44 bits per heavy atom. The molecule has 0 atom stereocenters. The van der Waals surface area contributed by atoms with E-state index in [0.29, 0.717) is 11.7 Å². The van der Waals surface area contributed by atoms with E-state index in [1.54, 1.807) is 6.07 Å². The maximum Gasteiger partial charge on any atom is 0.128 e. The summed E-state index contributed by atoms with van der Waals surface area (Å²) in [5.74, 6) is 1.92. The van der Waals surface area contributed by atoms with Gasteiger partial charge in [-0.2, -0.15) is 0 Å². The third-order valence-electron chi connectivity index (χ3n) is 2.89. The summed E-state index contributed by atoms with van der Waals surface area (Å²) in [6.45, 7) is 5.16. The Labute approximate surface area is 108 Å². The maximum atomic E-state index is 5.63. The van der Waals surface area contributed by atoms with Gasteiger partial charge in [0.25, 0.3) is 0 Å². The highest BCUT2D eigenvalue weighted by Gasteiger charge is 1.99. The molecule has 94 valence electrons. The van der Waals surface area contributed by atoms with Crippen LogP contribution in [0.15, 0.2) is 42.5 Å². The van der Waals surface area contributed by atoms with Crippen LogP contribution in [-0.4, -0.2) is 4.98 Å². The number of hydrogen-bond acceptors (Lipinski definition) is 3. The number of benzene rings is 1. The lowest BCUT2D eigenvalue weighted by atomic mass is 10.0. The number of rotatable bonds is 4. The molecule has 0 spiro atoms. The molecule has 0 saturated heterocycles.